The predicted molar refractivity (Wildman–Crippen MR) is 116 cm³/mol. The molecule has 0 spiro atoms. The highest BCUT2D eigenvalue weighted by Crippen LogP contribution is 2.22. The molecule has 0 unspecified atom stereocenters. The van der Waals surface area contributed by atoms with Gasteiger partial charge in [0.1, 0.15) is 5.60 Å². The van der Waals surface area contributed by atoms with Gasteiger partial charge in [-0.15, -0.1) is 0 Å². The number of carbonyl (C=O) groups is 2. The van der Waals surface area contributed by atoms with Gasteiger partial charge in [-0.25, -0.2) is 13.2 Å². The van der Waals surface area contributed by atoms with Gasteiger partial charge in [0, 0.05) is 17.8 Å². The van der Waals surface area contributed by atoms with Gasteiger partial charge in [-0.3, -0.25) is 9.69 Å². The maximum atomic E-state index is 12.6. The van der Waals surface area contributed by atoms with Crippen molar-refractivity contribution in [1.82, 2.24) is 10.2 Å². The van der Waals surface area contributed by atoms with E-state index in [4.69, 9.17) is 4.74 Å². The van der Waals surface area contributed by atoms with Crippen LogP contribution in [0.3, 0.4) is 0 Å². The zero-order chi connectivity index (χ0) is 24.1. The zero-order valence-corrected chi connectivity index (χ0v) is 19.5. The number of hydrogen-bond acceptors (Lipinski definition) is 6. The van der Waals surface area contributed by atoms with Gasteiger partial charge >= 0.3 is 11.9 Å². The van der Waals surface area contributed by atoms with E-state index in [1.807, 2.05) is 11.8 Å². The molecule has 2 rings (SSSR count). The Morgan fingerprint density at radius 1 is 1.19 bits per heavy atom. The van der Waals surface area contributed by atoms with Crippen LogP contribution in [0.4, 0.5) is 19.3 Å². The van der Waals surface area contributed by atoms with E-state index in [0.29, 0.717) is 12.2 Å². The van der Waals surface area contributed by atoms with Gasteiger partial charge in [-0.1, -0.05) is 6.42 Å². The van der Waals surface area contributed by atoms with Crippen LogP contribution in [0.15, 0.2) is 29.2 Å². The zero-order valence-electron chi connectivity index (χ0n) is 18.7. The lowest BCUT2D eigenvalue weighted by molar-refractivity contribution is -0.118. The molecule has 32 heavy (non-hydrogen) atoms. The highest BCUT2D eigenvalue weighted by Gasteiger charge is 2.31. The molecule has 2 amide bonds. The Morgan fingerprint density at radius 2 is 1.81 bits per heavy atom. The van der Waals surface area contributed by atoms with Gasteiger partial charge < -0.3 is 15.4 Å². The van der Waals surface area contributed by atoms with Crippen molar-refractivity contribution in [3.63, 3.8) is 0 Å². The summed E-state index contributed by atoms with van der Waals surface area (Å²) in [7, 11) is -4.68. The second-order valence-corrected chi connectivity index (χ2v) is 10.8. The first-order chi connectivity index (χ1) is 14.8. The number of rotatable bonds is 7. The van der Waals surface area contributed by atoms with E-state index >= 15 is 0 Å². The van der Waals surface area contributed by atoms with Crippen molar-refractivity contribution in [2.45, 2.75) is 75.3 Å². The van der Waals surface area contributed by atoms with Crippen LogP contribution in [0.25, 0.3) is 0 Å². The molecular formula is C21H31F2N3O5S. The van der Waals surface area contributed by atoms with E-state index in [1.54, 1.807) is 20.8 Å². The molecule has 1 heterocycles. The molecule has 0 saturated carbocycles. The van der Waals surface area contributed by atoms with E-state index in [2.05, 4.69) is 10.6 Å². The quantitative estimate of drug-likeness (QED) is 0.626. The first-order valence-corrected chi connectivity index (χ1v) is 12.0. The third-order valence-electron chi connectivity index (χ3n) is 5.03. The number of ether oxygens (including phenoxy) is 1. The number of sulfone groups is 1. The van der Waals surface area contributed by atoms with Gasteiger partial charge in [0.2, 0.25) is 15.7 Å². The summed E-state index contributed by atoms with van der Waals surface area (Å²) >= 11 is 0. The van der Waals surface area contributed by atoms with Crippen molar-refractivity contribution in [2.75, 3.05) is 18.4 Å². The fraction of sp³-hybridized carbons (Fsp3) is 0.619. The topological polar surface area (TPSA) is 105 Å². The van der Waals surface area contributed by atoms with Gasteiger partial charge in [-0.2, -0.15) is 8.78 Å². The molecule has 180 valence electrons. The monoisotopic (exact) mass is 475 g/mol. The Morgan fingerprint density at radius 3 is 2.38 bits per heavy atom. The molecule has 1 saturated heterocycles. The Balaban J connectivity index is 1.97. The average molecular weight is 476 g/mol. The van der Waals surface area contributed by atoms with E-state index in [-0.39, 0.29) is 24.5 Å². The molecule has 2 atom stereocenters. The molecule has 8 nitrogen and oxygen atoms in total. The van der Waals surface area contributed by atoms with Crippen molar-refractivity contribution in [3.8, 4) is 0 Å². The van der Waals surface area contributed by atoms with E-state index < -0.39 is 32.2 Å². The van der Waals surface area contributed by atoms with Gasteiger partial charge in [0.25, 0.3) is 0 Å². The molecule has 0 bridgehead atoms. The fourth-order valence-electron chi connectivity index (χ4n) is 3.58. The molecule has 11 heteroatoms. The van der Waals surface area contributed by atoms with E-state index in [9.17, 15) is 26.8 Å². The highest BCUT2D eigenvalue weighted by molar-refractivity contribution is 7.91. The van der Waals surface area contributed by atoms with Crippen LogP contribution in [0, 0.1) is 0 Å². The summed E-state index contributed by atoms with van der Waals surface area (Å²) in [5.74, 6) is -3.83. The standard InChI is InChI=1S/C21H31F2N3O5S/c1-14(24-20(28)31-21(2,3)4)17-7-5-6-12-26(17)13-18(27)25-15-8-10-16(11-9-15)32(29,30)19(22)23/h8-11,14,17,19H,5-7,12-13H2,1-4H3,(H,24,28)(H,25,27)/t14-,17-/m1/s1. The summed E-state index contributed by atoms with van der Waals surface area (Å²) in [6.07, 6.45) is 2.19. The van der Waals surface area contributed by atoms with Crippen LogP contribution in [-0.2, 0) is 19.4 Å². The van der Waals surface area contributed by atoms with Crippen molar-refractivity contribution in [3.05, 3.63) is 24.3 Å². The SMILES string of the molecule is C[C@@H](NC(=O)OC(C)(C)C)[C@H]1CCCCN1CC(=O)Nc1ccc(S(=O)(=O)C(F)F)cc1. The molecule has 1 aliphatic rings. The lowest BCUT2D eigenvalue weighted by atomic mass is 9.96. The van der Waals surface area contributed by atoms with Crippen molar-refractivity contribution in [1.29, 1.82) is 0 Å². The largest absolute Gasteiger partial charge is 0.444 e. The van der Waals surface area contributed by atoms with E-state index in [0.717, 1.165) is 31.4 Å². The summed E-state index contributed by atoms with van der Waals surface area (Å²) in [6, 6.07) is 4.32. The minimum absolute atomic E-state index is 0.0550. The van der Waals surface area contributed by atoms with Crippen molar-refractivity contribution >= 4 is 27.5 Å². The van der Waals surface area contributed by atoms with Crippen LogP contribution in [0.5, 0.6) is 0 Å². The van der Waals surface area contributed by atoms with Crippen molar-refractivity contribution < 1.29 is 31.5 Å². The maximum absolute atomic E-state index is 12.6. The third-order valence-corrected chi connectivity index (χ3v) is 6.43. The minimum Gasteiger partial charge on any atom is -0.444 e. The summed E-state index contributed by atoms with van der Waals surface area (Å²) in [4.78, 5) is 26.1. The Labute approximate surface area is 187 Å². The van der Waals surface area contributed by atoms with Crippen LogP contribution in [-0.4, -0.2) is 61.8 Å². The number of halogens is 2. The molecule has 2 N–H and O–H groups in total. The predicted octanol–water partition coefficient (Wildman–Crippen LogP) is 3.39. The number of alkyl carbamates (subject to hydrolysis) is 1. The number of alkyl halides is 2. The van der Waals surface area contributed by atoms with Gasteiger partial charge in [-0.05, 0) is 71.3 Å². The number of amides is 2. The molecule has 1 aromatic carbocycles. The molecule has 1 aliphatic heterocycles. The average Bonchev–Trinajstić information content (AvgIpc) is 2.67. The van der Waals surface area contributed by atoms with Gasteiger partial charge in [0.15, 0.2) is 0 Å². The first kappa shape index (κ1) is 26.0. The third kappa shape index (κ3) is 7.40. The minimum atomic E-state index is -4.68. The number of benzene rings is 1. The number of carbonyl (C=O) groups excluding carboxylic acids is 2. The molecule has 0 radical (unpaired) electrons. The smallest absolute Gasteiger partial charge is 0.407 e. The van der Waals surface area contributed by atoms with Crippen LogP contribution in [0.2, 0.25) is 0 Å². The van der Waals surface area contributed by atoms with Crippen molar-refractivity contribution in [2.24, 2.45) is 0 Å². The van der Waals surface area contributed by atoms with Crippen LogP contribution in [0.1, 0.15) is 47.0 Å². The molecular weight excluding hydrogens is 444 g/mol. The van der Waals surface area contributed by atoms with E-state index in [1.165, 1.54) is 12.1 Å². The number of likely N-dealkylation sites (tertiary alicyclic amines) is 1. The summed E-state index contributed by atoms with van der Waals surface area (Å²) in [6.45, 7) is 7.97. The molecule has 0 aromatic heterocycles. The summed E-state index contributed by atoms with van der Waals surface area (Å²) < 4.78 is 53.6. The molecule has 0 aliphatic carbocycles. The highest BCUT2D eigenvalue weighted by atomic mass is 32.2. The Bertz CT molecular complexity index is 901. The number of nitrogens with one attached hydrogen (secondary N) is 2. The second kappa shape index (κ2) is 10.6. The second-order valence-electron chi connectivity index (χ2n) is 8.85. The molecule has 1 fully saturated rings. The fourth-order valence-corrected chi connectivity index (χ4v) is 4.31. The summed E-state index contributed by atoms with van der Waals surface area (Å²) in [5, 5.41) is 5.49. The number of nitrogens with zero attached hydrogens (tertiary/aromatic N) is 1. The lowest BCUT2D eigenvalue weighted by Gasteiger charge is -2.39. The Hall–Kier alpha value is -2.27. The molecule has 1 aromatic rings. The number of piperidine rings is 1. The first-order valence-electron chi connectivity index (χ1n) is 10.4. The normalized spacial score (nSPS) is 18.8. The number of hydrogen-bond donors (Lipinski definition) is 2. The summed E-state index contributed by atoms with van der Waals surface area (Å²) in [5.41, 5.74) is -0.308. The van der Waals surface area contributed by atoms with Gasteiger partial charge in [0.05, 0.1) is 11.4 Å². The Kier molecular flexibility index (Phi) is 8.58. The number of anilines is 1. The lowest BCUT2D eigenvalue weighted by Crippen LogP contribution is -2.54. The van der Waals surface area contributed by atoms with Crippen LogP contribution >= 0.6 is 0 Å². The van der Waals surface area contributed by atoms with Crippen LogP contribution < -0.4 is 10.6 Å². The maximum Gasteiger partial charge on any atom is 0.407 e.